The number of hydrogen-bond donors (Lipinski definition) is 3. The van der Waals surface area contributed by atoms with E-state index in [1.807, 2.05) is 0 Å². The lowest BCUT2D eigenvalue weighted by molar-refractivity contribution is -0.0513. The van der Waals surface area contributed by atoms with Crippen LogP contribution in [0, 0.1) is 11.6 Å². The summed E-state index contributed by atoms with van der Waals surface area (Å²) in [6.45, 7) is -0.883. The van der Waals surface area contributed by atoms with Gasteiger partial charge < -0.3 is 20.7 Å². The molecular weight excluding hydrogens is 395 g/mol. The van der Waals surface area contributed by atoms with Crippen molar-refractivity contribution in [2.75, 3.05) is 12.3 Å². The van der Waals surface area contributed by atoms with Gasteiger partial charge >= 0.3 is 5.69 Å². The van der Waals surface area contributed by atoms with Crippen LogP contribution >= 0.6 is 0 Å². The third kappa shape index (κ3) is 3.14. The molecule has 2 aromatic heterocycles. The quantitative estimate of drug-likeness (QED) is 0.555. The molecule has 0 aliphatic carbocycles. The summed E-state index contributed by atoms with van der Waals surface area (Å²) in [6, 6.07) is 3.16. The van der Waals surface area contributed by atoms with Crippen LogP contribution < -0.4 is 11.4 Å². The molecule has 1 saturated heterocycles. The molecule has 0 bridgehead atoms. The summed E-state index contributed by atoms with van der Waals surface area (Å²) in [4.78, 5) is 20.9. The number of rotatable bonds is 4. The smallest absolute Gasteiger partial charge is 0.332 e. The fraction of sp³-hybridized carbons (Fsp3) is 0.353. The lowest BCUT2D eigenvalue weighted by Gasteiger charge is -2.15. The van der Waals surface area contributed by atoms with Crippen LogP contribution in [0.1, 0.15) is 11.8 Å². The maximum Gasteiger partial charge on any atom is 0.332 e. The van der Waals surface area contributed by atoms with Gasteiger partial charge in [-0.25, -0.2) is 27.5 Å². The zero-order valence-corrected chi connectivity index (χ0v) is 14.7. The molecule has 1 aromatic carbocycles. The van der Waals surface area contributed by atoms with Crippen molar-refractivity contribution in [2.45, 2.75) is 31.2 Å². The average molecular weight is 411 g/mol. The van der Waals surface area contributed by atoms with Crippen molar-refractivity contribution >= 4 is 17.1 Å². The van der Waals surface area contributed by atoms with E-state index in [2.05, 4.69) is 9.97 Å². The highest BCUT2D eigenvalue weighted by molar-refractivity contribution is 5.72. The molecule has 3 aromatic rings. The zero-order chi connectivity index (χ0) is 20.9. The van der Waals surface area contributed by atoms with Gasteiger partial charge in [0.25, 0.3) is 0 Å². The molecule has 0 radical (unpaired) electrons. The third-order valence-electron chi connectivity index (χ3n) is 4.77. The summed E-state index contributed by atoms with van der Waals surface area (Å²) < 4.78 is 48.3. The van der Waals surface area contributed by atoms with Gasteiger partial charge in [-0.1, -0.05) is 6.07 Å². The number of hydrogen-bond acceptors (Lipinski definition) is 7. The Bertz CT molecular complexity index is 1130. The van der Waals surface area contributed by atoms with Gasteiger partial charge in [-0.2, -0.15) is 4.98 Å². The monoisotopic (exact) mass is 411 g/mol. The number of aliphatic hydroxyl groups excluding tert-OH is 2. The topological polar surface area (TPSA) is 128 Å². The third-order valence-corrected chi connectivity index (χ3v) is 4.77. The van der Waals surface area contributed by atoms with Crippen LogP contribution in [0.3, 0.4) is 0 Å². The lowest BCUT2D eigenvalue weighted by Crippen LogP contribution is -2.34. The average Bonchev–Trinajstić information content (AvgIpc) is 3.12. The highest BCUT2D eigenvalue weighted by Gasteiger charge is 2.46. The van der Waals surface area contributed by atoms with Crippen LogP contribution in [0.2, 0.25) is 0 Å². The van der Waals surface area contributed by atoms with Crippen molar-refractivity contribution in [1.29, 1.82) is 0 Å². The first-order valence-corrected chi connectivity index (χ1v) is 8.57. The second-order valence-electron chi connectivity index (χ2n) is 6.61. The number of benzene rings is 1. The van der Waals surface area contributed by atoms with Crippen molar-refractivity contribution < 1.29 is 28.1 Å². The minimum Gasteiger partial charge on any atom is -0.394 e. The molecule has 1 aliphatic heterocycles. The van der Waals surface area contributed by atoms with E-state index in [9.17, 15) is 28.2 Å². The molecule has 4 rings (SSSR count). The highest BCUT2D eigenvalue weighted by atomic mass is 19.2. The molecular formula is C17H16F3N5O4. The van der Waals surface area contributed by atoms with E-state index < -0.39 is 48.5 Å². The van der Waals surface area contributed by atoms with Crippen molar-refractivity contribution in [2.24, 2.45) is 0 Å². The molecule has 1 aliphatic rings. The van der Waals surface area contributed by atoms with Crippen molar-refractivity contribution in [3.63, 3.8) is 0 Å². The Hall–Kier alpha value is -2.96. The van der Waals surface area contributed by atoms with E-state index >= 15 is 0 Å². The van der Waals surface area contributed by atoms with Crippen LogP contribution in [0.15, 0.2) is 29.2 Å². The highest BCUT2D eigenvalue weighted by Crippen LogP contribution is 2.32. The largest absolute Gasteiger partial charge is 0.394 e. The molecule has 4 atom stereocenters. The number of anilines is 1. The van der Waals surface area contributed by atoms with Crippen LogP contribution in [-0.4, -0.2) is 54.3 Å². The van der Waals surface area contributed by atoms with Crippen LogP contribution in [-0.2, 0) is 11.3 Å². The van der Waals surface area contributed by atoms with E-state index in [1.165, 1.54) is 12.3 Å². The number of fused-ring (bicyclic) bond motifs is 1. The summed E-state index contributed by atoms with van der Waals surface area (Å²) in [5.41, 5.74) is 5.22. The maximum atomic E-state index is 14.2. The molecule has 0 saturated carbocycles. The molecule has 29 heavy (non-hydrogen) atoms. The number of aliphatic hydroxyl groups is 2. The van der Waals surface area contributed by atoms with Gasteiger partial charge in [-0.05, 0) is 17.7 Å². The minimum atomic E-state index is -1.93. The van der Waals surface area contributed by atoms with Gasteiger partial charge in [0.15, 0.2) is 29.7 Å². The first kappa shape index (κ1) is 19.4. The number of nitrogens with zero attached hydrogens (tertiary/aromatic N) is 4. The van der Waals surface area contributed by atoms with E-state index in [0.717, 1.165) is 21.3 Å². The Morgan fingerprint density at radius 3 is 2.69 bits per heavy atom. The maximum absolute atomic E-state index is 14.2. The number of ether oxygens (including phenoxy) is 1. The van der Waals surface area contributed by atoms with E-state index in [0.29, 0.717) is 0 Å². The molecule has 4 N–H and O–H groups in total. The summed E-state index contributed by atoms with van der Waals surface area (Å²) in [7, 11) is 0. The Morgan fingerprint density at radius 1 is 1.28 bits per heavy atom. The molecule has 12 heteroatoms. The summed E-state index contributed by atoms with van der Waals surface area (Å²) in [5.74, 6) is -2.30. The molecule has 0 amide bonds. The van der Waals surface area contributed by atoms with Gasteiger partial charge in [0, 0.05) is 0 Å². The van der Waals surface area contributed by atoms with Crippen molar-refractivity contribution in [1.82, 2.24) is 19.1 Å². The Labute approximate surface area is 160 Å². The number of nitrogens with two attached hydrogens (primary N) is 1. The molecule has 1 fully saturated rings. The summed E-state index contributed by atoms with van der Waals surface area (Å²) >= 11 is 0. The normalized spacial score (nSPS) is 24.4. The van der Waals surface area contributed by atoms with Gasteiger partial charge in [0.1, 0.15) is 17.7 Å². The van der Waals surface area contributed by atoms with E-state index in [-0.39, 0.29) is 29.2 Å². The number of nitrogen functional groups attached to an aromatic ring is 1. The van der Waals surface area contributed by atoms with Gasteiger partial charge in [0.2, 0.25) is 5.95 Å². The standard InChI is InChI=1S/C17H16F3N5O4/c18-8-2-1-7(3-9(8)19)5-24-10-4-22-16(21)23-14(10)25(17(24)28)15-13(27)12(20)11(6-26)29-15/h1-4,11-13,15,26-27H,5-6H2,(H2,21,22,23)/t11-,12-,13-,15-/m1/s1. The van der Waals surface area contributed by atoms with E-state index in [4.69, 9.17) is 10.5 Å². The number of aromatic nitrogens is 4. The predicted molar refractivity (Wildman–Crippen MR) is 93.6 cm³/mol. The number of imidazole rings is 1. The Kier molecular flexibility index (Phi) is 4.76. The lowest BCUT2D eigenvalue weighted by atomic mass is 10.1. The number of alkyl halides is 1. The van der Waals surface area contributed by atoms with E-state index in [1.54, 1.807) is 0 Å². The van der Waals surface area contributed by atoms with Crippen LogP contribution in [0.25, 0.3) is 11.2 Å². The number of halogens is 3. The Morgan fingerprint density at radius 2 is 2.03 bits per heavy atom. The summed E-state index contributed by atoms with van der Waals surface area (Å²) in [5, 5.41) is 19.4. The van der Waals surface area contributed by atoms with Crippen LogP contribution in [0.4, 0.5) is 19.1 Å². The van der Waals surface area contributed by atoms with Gasteiger partial charge in [-0.3, -0.25) is 4.57 Å². The zero-order valence-electron chi connectivity index (χ0n) is 14.7. The van der Waals surface area contributed by atoms with Crippen molar-refractivity contribution in [3.05, 3.63) is 52.1 Å². The van der Waals surface area contributed by atoms with Gasteiger partial charge in [-0.15, -0.1) is 0 Å². The Balaban J connectivity index is 1.86. The van der Waals surface area contributed by atoms with Gasteiger partial charge in [0.05, 0.1) is 19.3 Å². The second kappa shape index (κ2) is 7.13. The van der Waals surface area contributed by atoms with Crippen molar-refractivity contribution in [3.8, 4) is 0 Å². The molecule has 0 unspecified atom stereocenters. The summed E-state index contributed by atoms with van der Waals surface area (Å²) in [6.07, 6.45) is -5.24. The first-order chi connectivity index (χ1) is 13.8. The second-order valence-corrected chi connectivity index (χ2v) is 6.61. The first-order valence-electron chi connectivity index (χ1n) is 8.57. The molecule has 0 spiro atoms. The molecule has 154 valence electrons. The SMILES string of the molecule is Nc1ncc2c(n1)n([C@@H]1O[C@H](CO)[C@@H](F)[C@H]1O)c(=O)n2Cc1ccc(F)c(F)c1. The molecule has 9 nitrogen and oxygen atoms in total. The van der Waals surface area contributed by atoms with Crippen LogP contribution in [0.5, 0.6) is 0 Å². The minimum absolute atomic E-state index is 0.0417. The fourth-order valence-electron chi connectivity index (χ4n) is 3.34. The fourth-order valence-corrected chi connectivity index (χ4v) is 3.34. The molecule has 3 heterocycles. The predicted octanol–water partition coefficient (Wildman–Crippen LogP) is 0.0904.